The second kappa shape index (κ2) is 10.4. The van der Waals surface area contributed by atoms with Crippen LogP contribution in [0.25, 0.3) is 0 Å². The van der Waals surface area contributed by atoms with E-state index in [-0.39, 0.29) is 12.7 Å². The Morgan fingerprint density at radius 2 is 1.88 bits per heavy atom. The number of hydrogen-bond donors (Lipinski definition) is 1. The summed E-state index contributed by atoms with van der Waals surface area (Å²) in [5.41, 5.74) is 0. The number of ether oxygens (including phenoxy) is 1. The van der Waals surface area contributed by atoms with Crippen molar-refractivity contribution in [2.45, 2.75) is 69.2 Å². The van der Waals surface area contributed by atoms with E-state index in [4.69, 9.17) is 33.0 Å². The van der Waals surface area contributed by atoms with Gasteiger partial charge in [-0.2, -0.15) is 0 Å². The van der Waals surface area contributed by atoms with Gasteiger partial charge in [-0.1, -0.05) is 55.8 Å². The summed E-state index contributed by atoms with van der Waals surface area (Å²) >= 11 is 12.5. The molecule has 0 aromatic rings. The fourth-order valence-corrected chi connectivity index (χ4v) is 2.47. The highest BCUT2D eigenvalue weighted by atomic mass is 35.5. The molecule has 2 nitrogen and oxygen atoms in total. The van der Waals surface area contributed by atoms with Crippen molar-refractivity contribution < 1.29 is 9.84 Å². The molecule has 0 aliphatic carbocycles. The van der Waals surface area contributed by atoms with Crippen LogP contribution in [0.5, 0.6) is 0 Å². The first-order valence-electron chi connectivity index (χ1n) is 6.68. The maximum atomic E-state index is 7.57. The van der Waals surface area contributed by atoms with Crippen LogP contribution in [0.4, 0.5) is 0 Å². The Morgan fingerprint density at radius 3 is 2.35 bits per heavy atom. The third-order valence-corrected chi connectivity index (χ3v) is 3.63. The van der Waals surface area contributed by atoms with Crippen LogP contribution in [0.1, 0.15) is 58.8 Å². The molecule has 1 aliphatic rings. The lowest BCUT2D eigenvalue weighted by Crippen LogP contribution is -2.30. The number of aliphatic hydroxyl groups is 1. The van der Waals surface area contributed by atoms with E-state index in [1.807, 2.05) is 0 Å². The highest BCUT2D eigenvalue weighted by Gasteiger charge is 2.37. The van der Waals surface area contributed by atoms with Gasteiger partial charge >= 0.3 is 0 Å². The van der Waals surface area contributed by atoms with Crippen molar-refractivity contribution in [3.05, 3.63) is 0 Å². The number of alkyl halides is 2. The van der Waals surface area contributed by atoms with Gasteiger partial charge in [0.25, 0.3) is 0 Å². The zero-order chi connectivity index (χ0) is 13.1. The number of rotatable bonds is 6. The quantitative estimate of drug-likeness (QED) is 0.582. The van der Waals surface area contributed by atoms with Gasteiger partial charge in [-0.3, -0.25) is 0 Å². The lowest BCUT2D eigenvalue weighted by atomic mass is 10.1. The SMILES string of the molecule is CCCCCCC(Cl)(Cl)C1CCCO1.CCO. The topological polar surface area (TPSA) is 29.5 Å². The van der Waals surface area contributed by atoms with Gasteiger partial charge in [-0.05, 0) is 26.2 Å². The van der Waals surface area contributed by atoms with E-state index < -0.39 is 4.33 Å². The van der Waals surface area contributed by atoms with Crippen molar-refractivity contribution in [2.75, 3.05) is 13.2 Å². The third-order valence-electron chi connectivity index (χ3n) is 2.76. The second-order valence-electron chi connectivity index (χ2n) is 4.39. The minimum atomic E-state index is -0.649. The minimum absolute atomic E-state index is 0.0625. The molecule has 4 heteroatoms. The van der Waals surface area contributed by atoms with Crippen molar-refractivity contribution in [1.29, 1.82) is 0 Å². The summed E-state index contributed by atoms with van der Waals surface area (Å²) in [6.07, 6.45) is 7.90. The first kappa shape index (κ1) is 17.5. The van der Waals surface area contributed by atoms with Crippen LogP contribution in [-0.4, -0.2) is 28.8 Å². The summed E-state index contributed by atoms with van der Waals surface area (Å²) < 4.78 is 4.86. The fourth-order valence-electron chi connectivity index (χ4n) is 1.86. The monoisotopic (exact) mass is 284 g/mol. The van der Waals surface area contributed by atoms with Crippen LogP contribution in [0.3, 0.4) is 0 Å². The summed E-state index contributed by atoms with van der Waals surface area (Å²) in [5, 5.41) is 7.57. The first-order chi connectivity index (χ1) is 8.08. The maximum absolute atomic E-state index is 7.57. The molecule has 0 amide bonds. The molecule has 1 atom stereocenters. The number of halogens is 2. The van der Waals surface area contributed by atoms with E-state index in [2.05, 4.69) is 6.92 Å². The normalized spacial score (nSPS) is 19.9. The molecule has 0 radical (unpaired) electrons. The molecule has 1 heterocycles. The molecule has 0 spiro atoms. The van der Waals surface area contributed by atoms with E-state index in [0.29, 0.717) is 0 Å². The summed E-state index contributed by atoms with van der Waals surface area (Å²) in [7, 11) is 0. The van der Waals surface area contributed by atoms with Gasteiger partial charge in [-0.15, -0.1) is 0 Å². The largest absolute Gasteiger partial charge is 0.397 e. The first-order valence-corrected chi connectivity index (χ1v) is 7.44. The average molecular weight is 285 g/mol. The molecular weight excluding hydrogens is 259 g/mol. The van der Waals surface area contributed by atoms with Crippen molar-refractivity contribution in [1.82, 2.24) is 0 Å². The zero-order valence-electron chi connectivity index (χ0n) is 11.1. The Balaban J connectivity index is 0.000000770. The molecule has 0 bridgehead atoms. The van der Waals surface area contributed by atoms with Gasteiger partial charge in [-0.25, -0.2) is 0 Å². The van der Waals surface area contributed by atoms with Crippen molar-refractivity contribution in [3.8, 4) is 0 Å². The van der Waals surface area contributed by atoms with Crippen molar-refractivity contribution >= 4 is 23.2 Å². The van der Waals surface area contributed by atoms with Crippen LogP contribution in [0.2, 0.25) is 0 Å². The standard InChI is InChI=1S/C11H20Cl2O.C2H6O/c1-2-3-4-5-8-11(12,13)10-7-6-9-14-10;1-2-3/h10H,2-9H2,1H3;3H,2H2,1H3. The van der Waals surface area contributed by atoms with Gasteiger partial charge in [0.05, 0.1) is 6.10 Å². The molecule has 17 heavy (non-hydrogen) atoms. The van der Waals surface area contributed by atoms with E-state index >= 15 is 0 Å². The van der Waals surface area contributed by atoms with Crippen LogP contribution in [0.15, 0.2) is 0 Å². The van der Waals surface area contributed by atoms with Crippen molar-refractivity contribution in [2.24, 2.45) is 0 Å². The Kier molecular flexibility index (Phi) is 10.7. The number of aliphatic hydroxyl groups excluding tert-OH is 1. The van der Waals surface area contributed by atoms with E-state index in [0.717, 1.165) is 32.3 Å². The van der Waals surface area contributed by atoms with Gasteiger partial charge in [0.15, 0.2) is 0 Å². The molecule has 1 saturated heterocycles. The molecular formula is C13H26Cl2O2. The Bertz CT molecular complexity index is 169. The smallest absolute Gasteiger partial charge is 0.144 e. The highest BCUT2D eigenvalue weighted by molar-refractivity contribution is 6.48. The maximum Gasteiger partial charge on any atom is 0.144 e. The van der Waals surface area contributed by atoms with Gasteiger partial charge in [0.2, 0.25) is 0 Å². The van der Waals surface area contributed by atoms with E-state index in [1.165, 1.54) is 19.3 Å². The molecule has 0 aromatic carbocycles. The van der Waals surface area contributed by atoms with Gasteiger partial charge in [0.1, 0.15) is 4.33 Å². The summed E-state index contributed by atoms with van der Waals surface area (Å²) in [6.45, 7) is 4.95. The van der Waals surface area contributed by atoms with Gasteiger partial charge in [0, 0.05) is 13.2 Å². The predicted octanol–water partition coefficient (Wildman–Crippen LogP) is 4.31. The predicted molar refractivity (Wildman–Crippen MR) is 74.9 cm³/mol. The molecule has 1 unspecified atom stereocenters. The molecule has 0 aromatic heterocycles. The van der Waals surface area contributed by atoms with E-state index in [9.17, 15) is 0 Å². The average Bonchev–Trinajstić information content (AvgIpc) is 2.79. The molecule has 1 N–H and O–H groups in total. The third kappa shape index (κ3) is 8.25. The zero-order valence-corrected chi connectivity index (χ0v) is 12.6. The van der Waals surface area contributed by atoms with Crippen LogP contribution >= 0.6 is 23.2 Å². The van der Waals surface area contributed by atoms with Crippen molar-refractivity contribution in [3.63, 3.8) is 0 Å². The Labute approximate surface area is 116 Å². The van der Waals surface area contributed by atoms with Crippen LogP contribution < -0.4 is 0 Å². The molecule has 1 aliphatic heterocycles. The van der Waals surface area contributed by atoms with E-state index in [1.54, 1.807) is 6.92 Å². The molecule has 1 rings (SSSR count). The summed E-state index contributed by atoms with van der Waals surface area (Å²) in [6, 6.07) is 0. The minimum Gasteiger partial charge on any atom is -0.397 e. The fraction of sp³-hybridized carbons (Fsp3) is 1.00. The number of unbranched alkanes of at least 4 members (excludes halogenated alkanes) is 3. The Morgan fingerprint density at radius 1 is 1.24 bits per heavy atom. The number of hydrogen-bond acceptors (Lipinski definition) is 2. The lowest BCUT2D eigenvalue weighted by molar-refractivity contribution is 0.0945. The lowest BCUT2D eigenvalue weighted by Gasteiger charge is -2.25. The highest BCUT2D eigenvalue weighted by Crippen LogP contribution is 2.37. The summed E-state index contributed by atoms with van der Waals surface area (Å²) in [5.74, 6) is 0. The van der Waals surface area contributed by atoms with Crippen LogP contribution in [0, 0.1) is 0 Å². The molecule has 1 fully saturated rings. The van der Waals surface area contributed by atoms with Gasteiger partial charge < -0.3 is 9.84 Å². The molecule has 0 saturated carbocycles. The molecule has 104 valence electrons. The summed E-state index contributed by atoms with van der Waals surface area (Å²) in [4.78, 5) is 0. The Hall–Kier alpha value is 0.500. The second-order valence-corrected chi connectivity index (χ2v) is 5.93. The van der Waals surface area contributed by atoms with Crippen LogP contribution in [-0.2, 0) is 4.74 Å².